The fourth-order valence-electron chi connectivity index (χ4n) is 8.31. The maximum atomic E-state index is 13.7. The summed E-state index contributed by atoms with van der Waals surface area (Å²) in [6.07, 6.45) is 25.9. The third-order valence-electron chi connectivity index (χ3n) is 11.2. The highest BCUT2D eigenvalue weighted by atomic mass is 16.6. The van der Waals surface area contributed by atoms with Crippen molar-refractivity contribution in [2.75, 3.05) is 0 Å². The van der Waals surface area contributed by atoms with Gasteiger partial charge in [0.25, 0.3) is 0 Å². The van der Waals surface area contributed by atoms with Crippen LogP contribution in [0, 0.1) is 0 Å². The summed E-state index contributed by atoms with van der Waals surface area (Å²) in [5.41, 5.74) is 3.09. The Kier molecular flexibility index (Phi) is 16.2. The third kappa shape index (κ3) is 11.0. The minimum atomic E-state index is -1.29. The number of rotatable bonds is 24. The molecule has 0 unspecified atom stereocenters. The molecule has 0 radical (unpaired) electrons. The molecule has 3 aromatic rings. The molecule has 7 heteroatoms. The van der Waals surface area contributed by atoms with E-state index in [4.69, 9.17) is 18.9 Å². The van der Waals surface area contributed by atoms with E-state index in [-0.39, 0.29) is 0 Å². The number of carbonyl (C=O) groups excluding carboxylic acids is 3. The van der Waals surface area contributed by atoms with Gasteiger partial charge in [-0.1, -0.05) is 148 Å². The van der Waals surface area contributed by atoms with E-state index in [0.717, 1.165) is 42.4 Å². The molecule has 0 bridgehead atoms. The topological polar surface area (TPSA) is 88.1 Å². The second kappa shape index (κ2) is 21.2. The molecule has 0 fully saturated rings. The summed E-state index contributed by atoms with van der Waals surface area (Å²) >= 11 is 0. The van der Waals surface area contributed by atoms with Crippen LogP contribution in [0.2, 0.25) is 0 Å². The van der Waals surface area contributed by atoms with Crippen LogP contribution in [-0.4, -0.2) is 17.9 Å². The van der Waals surface area contributed by atoms with Crippen LogP contribution in [0.5, 0.6) is 23.0 Å². The number of benzene rings is 3. The first-order valence-corrected chi connectivity index (χ1v) is 21.5. The first-order chi connectivity index (χ1) is 26.8. The Hall–Kier alpha value is -4.13. The number of unbranched alkanes of at least 4 members (excludes halogenated alkanes) is 18. The predicted molar refractivity (Wildman–Crippen MR) is 218 cm³/mol. The number of carbonyl (C=O) groups is 3. The van der Waals surface area contributed by atoms with E-state index >= 15 is 0 Å². The van der Waals surface area contributed by atoms with Gasteiger partial charge in [-0.3, -0.25) is 9.59 Å². The third-order valence-corrected chi connectivity index (χ3v) is 11.2. The van der Waals surface area contributed by atoms with Crippen LogP contribution in [0.25, 0.3) is 0 Å². The van der Waals surface area contributed by atoms with Crippen LogP contribution < -0.4 is 14.2 Å². The van der Waals surface area contributed by atoms with E-state index in [0.29, 0.717) is 52.5 Å². The van der Waals surface area contributed by atoms with Crippen LogP contribution in [-0.2, 0) is 32.8 Å². The number of fused-ring (bicyclic) bond motifs is 6. The van der Waals surface area contributed by atoms with Crippen LogP contribution in [0.3, 0.4) is 0 Å². The van der Waals surface area contributed by atoms with Gasteiger partial charge in [0, 0.05) is 42.7 Å². The zero-order valence-corrected chi connectivity index (χ0v) is 34.0. The van der Waals surface area contributed by atoms with Crippen LogP contribution in [0.15, 0.2) is 48.5 Å². The average molecular weight is 753 g/mol. The molecule has 5 rings (SSSR count). The highest BCUT2D eigenvalue weighted by Gasteiger charge is 2.54. The highest BCUT2D eigenvalue weighted by Crippen LogP contribution is 2.58. The van der Waals surface area contributed by atoms with Crippen molar-refractivity contribution >= 4 is 17.9 Å². The van der Waals surface area contributed by atoms with Gasteiger partial charge in [-0.2, -0.15) is 0 Å². The minimum absolute atomic E-state index is 0.407. The Labute approximate surface area is 329 Å². The normalized spacial score (nSPS) is 13.5. The predicted octanol–water partition coefficient (Wildman–Crippen LogP) is 13.0. The Morgan fingerprint density at radius 2 is 0.945 bits per heavy atom. The maximum Gasteiger partial charge on any atom is 0.340 e. The zero-order chi connectivity index (χ0) is 39.0. The van der Waals surface area contributed by atoms with Gasteiger partial charge in [-0.25, -0.2) is 4.79 Å². The van der Waals surface area contributed by atoms with E-state index in [9.17, 15) is 14.4 Å². The molecule has 0 N–H and O–H groups in total. The monoisotopic (exact) mass is 752 g/mol. The number of ether oxygens (including phenoxy) is 4. The number of hydrogen-bond donors (Lipinski definition) is 0. The molecule has 298 valence electrons. The van der Waals surface area contributed by atoms with Crippen molar-refractivity contribution < 1.29 is 33.3 Å². The van der Waals surface area contributed by atoms with Crippen molar-refractivity contribution in [3.8, 4) is 23.0 Å². The van der Waals surface area contributed by atoms with E-state index in [2.05, 4.69) is 13.8 Å². The molecule has 0 saturated carbocycles. The van der Waals surface area contributed by atoms with E-state index in [1.165, 1.54) is 117 Å². The van der Waals surface area contributed by atoms with Gasteiger partial charge < -0.3 is 18.9 Å². The van der Waals surface area contributed by atoms with Gasteiger partial charge >= 0.3 is 17.9 Å². The van der Waals surface area contributed by atoms with Crippen LogP contribution in [0.1, 0.15) is 194 Å². The van der Waals surface area contributed by atoms with Gasteiger partial charge in [-0.05, 0) is 55.0 Å². The fraction of sp³-hybridized carbons (Fsp3) is 0.562. The number of aryl methyl sites for hydroxylation is 2. The lowest BCUT2D eigenvalue weighted by Gasteiger charge is -2.37. The molecule has 1 spiro atoms. The van der Waals surface area contributed by atoms with Gasteiger partial charge in [0.15, 0.2) is 5.60 Å². The average Bonchev–Trinajstić information content (AvgIpc) is 3.45. The highest BCUT2D eigenvalue weighted by molar-refractivity contribution is 5.97. The summed E-state index contributed by atoms with van der Waals surface area (Å²) in [7, 11) is 0. The lowest BCUT2D eigenvalue weighted by Crippen LogP contribution is -2.33. The molecule has 2 aliphatic heterocycles. The summed E-state index contributed by atoms with van der Waals surface area (Å²) in [5, 5.41) is 0. The van der Waals surface area contributed by atoms with Crippen molar-refractivity contribution in [3.05, 3.63) is 81.9 Å². The molecule has 0 amide bonds. The summed E-state index contributed by atoms with van der Waals surface area (Å²) in [6.45, 7) is 7.30. The molecule has 55 heavy (non-hydrogen) atoms. The number of hydrogen-bond acceptors (Lipinski definition) is 7. The molecule has 2 aliphatic rings. The molecular formula is C48H64O7. The van der Waals surface area contributed by atoms with Gasteiger partial charge in [0.2, 0.25) is 0 Å². The Morgan fingerprint density at radius 3 is 1.36 bits per heavy atom. The standard InChI is InChI=1S/C48H64O7/c1-5-7-9-11-13-15-17-19-21-23-27-37-31-41-45(33-43(37)52-35(3)49)54-46-34-44(53-36(4)50)38(28-24-22-20-18-16-14-12-10-8-6-2)32-42(46)48(41)40-30-26-25-29-39(40)47(51)55-48/h25-26,29-34H,5-24,27-28H2,1-4H3. The van der Waals surface area contributed by atoms with Crippen molar-refractivity contribution in [1.82, 2.24) is 0 Å². The molecule has 3 aromatic carbocycles. The second-order valence-electron chi connectivity index (χ2n) is 15.7. The largest absolute Gasteiger partial charge is 0.456 e. The summed E-state index contributed by atoms with van der Waals surface area (Å²) < 4.78 is 24.7. The first kappa shape index (κ1) is 42.0. The Bertz CT molecular complexity index is 1650. The summed E-state index contributed by atoms with van der Waals surface area (Å²) in [6, 6.07) is 15.1. The Balaban J connectivity index is 1.42. The van der Waals surface area contributed by atoms with Crippen LogP contribution >= 0.6 is 0 Å². The molecule has 0 atom stereocenters. The summed E-state index contributed by atoms with van der Waals surface area (Å²) in [4.78, 5) is 38.4. The lowest BCUT2D eigenvalue weighted by molar-refractivity contribution is -0.132. The van der Waals surface area contributed by atoms with E-state index in [1.54, 1.807) is 18.2 Å². The smallest absolute Gasteiger partial charge is 0.340 e. The molecule has 2 heterocycles. The van der Waals surface area contributed by atoms with Gasteiger partial charge in [0.1, 0.15) is 23.0 Å². The fourth-order valence-corrected chi connectivity index (χ4v) is 8.31. The van der Waals surface area contributed by atoms with Gasteiger partial charge in [0.05, 0.1) is 5.56 Å². The van der Waals surface area contributed by atoms with Crippen molar-refractivity contribution in [2.45, 2.75) is 175 Å². The first-order valence-electron chi connectivity index (χ1n) is 21.5. The molecular weight excluding hydrogens is 689 g/mol. The SMILES string of the molecule is CCCCCCCCCCCCc1cc2c(cc1OC(C)=O)Oc1cc(OC(C)=O)c(CCCCCCCCCCCC)cc1C21OC(=O)c2ccccc21. The Morgan fingerprint density at radius 1 is 0.545 bits per heavy atom. The van der Waals surface area contributed by atoms with Crippen molar-refractivity contribution in [2.24, 2.45) is 0 Å². The van der Waals surface area contributed by atoms with E-state index < -0.39 is 23.5 Å². The minimum Gasteiger partial charge on any atom is -0.456 e. The lowest BCUT2D eigenvalue weighted by atomic mass is 9.76. The maximum absolute atomic E-state index is 13.7. The second-order valence-corrected chi connectivity index (χ2v) is 15.7. The van der Waals surface area contributed by atoms with Crippen molar-refractivity contribution in [3.63, 3.8) is 0 Å². The van der Waals surface area contributed by atoms with Crippen molar-refractivity contribution in [1.29, 1.82) is 0 Å². The zero-order valence-electron chi connectivity index (χ0n) is 34.0. The molecule has 7 nitrogen and oxygen atoms in total. The molecule has 0 aliphatic carbocycles. The number of esters is 3. The van der Waals surface area contributed by atoms with E-state index in [1.807, 2.05) is 30.3 Å². The molecule has 0 aromatic heterocycles. The van der Waals surface area contributed by atoms with Gasteiger partial charge in [-0.15, -0.1) is 0 Å². The quantitative estimate of drug-likeness (QED) is 0.0511. The summed E-state index contributed by atoms with van der Waals surface area (Å²) in [5.74, 6) is 0.498. The molecule has 0 saturated heterocycles. The van der Waals surface area contributed by atoms with Crippen LogP contribution in [0.4, 0.5) is 0 Å².